The molecule has 7 heteroatoms. The van der Waals surface area contributed by atoms with Gasteiger partial charge in [0.05, 0.1) is 6.04 Å². The van der Waals surface area contributed by atoms with E-state index in [0.29, 0.717) is 5.11 Å². The summed E-state index contributed by atoms with van der Waals surface area (Å²) in [5, 5.41) is 7.08. The van der Waals surface area contributed by atoms with Crippen LogP contribution in [0.5, 0.6) is 0 Å². The van der Waals surface area contributed by atoms with E-state index in [4.69, 9.17) is 12.2 Å². The molecule has 25 heavy (non-hydrogen) atoms. The SMILES string of the molecule is O=C(C=Cc1cccs1)NC(=S)NN1CCCCC1c1cccnc1. The standard InChI is InChI=1S/C18H20N4OS2/c23-17(9-8-15-6-4-12-25-15)20-18(24)21-22-11-2-1-7-16(22)14-5-3-10-19-13-14/h3-6,8-10,12-13,16H,1-2,7,11H2,(H2,20,21,23,24). The van der Waals surface area contributed by atoms with Gasteiger partial charge in [-0.3, -0.25) is 20.5 Å². The maximum atomic E-state index is 12.0. The highest BCUT2D eigenvalue weighted by molar-refractivity contribution is 7.80. The van der Waals surface area contributed by atoms with E-state index in [1.165, 1.54) is 12.5 Å². The lowest BCUT2D eigenvalue weighted by atomic mass is 9.98. The van der Waals surface area contributed by atoms with E-state index in [0.717, 1.165) is 29.8 Å². The smallest absolute Gasteiger partial charge is 0.250 e. The number of hydrogen-bond acceptors (Lipinski definition) is 5. The molecule has 0 spiro atoms. The fourth-order valence-electron chi connectivity index (χ4n) is 2.84. The van der Waals surface area contributed by atoms with Gasteiger partial charge in [0.25, 0.3) is 0 Å². The fourth-order valence-corrected chi connectivity index (χ4v) is 3.68. The lowest BCUT2D eigenvalue weighted by molar-refractivity contribution is -0.115. The van der Waals surface area contributed by atoms with Crippen molar-refractivity contribution in [3.05, 3.63) is 58.6 Å². The van der Waals surface area contributed by atoms with Crippen LogP contribution in [0, 0.1) is 0 Å². The number of pyridine rings is 1. The number of thiophene rings is 1. The predicted molar refractivity (Wildman–Crippen MR) is 105 cm³/mol. The molecule has 1 atom stereocenters. The van der Waals surface area contributed by atoms with Gasteiger partial charge >= 0.3 is 0 Å². The number of hydrazine groups is 1. The summed E-state index contributed by atoms with van der Waals surface area (Å²) < 4.78 is 0. The lowest BCUT2D eigenvalue weighted by Gasteiger charge is -2.36. The van der Waals surface area contributed by atoms with Crippen LogP contribution in [0.15, 0.2) is 48.1 Å². The van der Waals surface area contributed by atoms with Gasteiger partial charge in [0, 0.05) is 29.9 Å². The molecule has 0 radical (unpaired) electrons. The molecule has 1 amide bonds. The van der Waals surface area contributed by atoms with Gasteiger partial charge in [0.1, 0.15) is 0 Å². The van der Waals surface area contributed by atoms with Gasteiger partial charge < -0.3 is 0 Å². The third-order valence-electron chi connectivity index (χ3n) is 4.00. The molecule has 2 aromatic heterocycles. The lowest BCUT2D eigenvalue weighted by Crippen LogP contribution is -2.51. The molecule has 1 saturated heterocycles. The van der Waals surface area contributed by atoms with E-state index in [2.05, 4.69) is 26.8 Å². The van der Waals surface area contributed by atoms with Crippen molar-refractivity contribution in [3.8, 4) is 0 Å². The number of thiocarbonyl (C=S) groups is 1. The number of aromatic nitrogens is 1. The van der Waals surface area contributed by atoms with Crippen molar-refractivity contribution in [1.82, 2.24) is 20.7 Å². The maximum Gasteiger partial charge on any atom is 0.250 e. The third-order valence-corrected chi connectivity index (χ3v) is 5.03. The Bertz CT molecular complexity index is 731. The molecule has 0 saturated carbocycles. The second-order valence-corrected chi connectivity index (χ2v) is 7.16. The van der Waals surface area contributed by atoms with E-state index in [9.17, 15) is 4.79 Å². The van der Waals surface area contributed by atoms with Crippen LogP contribution in [-0.4, -0.2) is 27.6 Å². The summed E-state index contributed by atoms with van der Waals surface area (Å²) in [5.41, 5.74) is 4.32. The average molecular weight is 373 g/mol. The minimum Gasteiger partial charge on any atom is -0.298 e. The summed E-state index contributed by atoms with van der Waals surface area (Å²) >= 11 is 6.88. The van der Waals surface area contributed by atoms with Crippen LogP contribution in [0.3, 0.4) is 0 Å². The van der Waals surface area contributed by atoms with Gasteiger partial charge in [-0.1, -0.05) is 18.6 Å². The van der Waals surface area contributed by atoms with Crippen molar-refractivity contribution < 1.29 is 4.79 Å². The molecular weight excluding hydrogens is 352 g/mol. The molecule has 1 unspecified atom stereocenters. The molecule has 3 rings (SSSR count). The number of piperidine rings is 1. The fraction of sp³-hybridized carbons (Fsp3) is 0.278. The molecule has 1 aliphatic rings. The van der Waals surface area contributed by atoms with Crippen molar-refractivity contribution in [2.45, 2.75) is 25.3 Å². The molecule has 2 N–H and O–H groups in total. The minimum absolute atomic E-state index is 0.207. The third kappa shape index (κ3) is 5.19. The quantitative estimate of drug-likeness (QED) is 0.637. The van der Waals surface area contributed by atoms with Crippen molar-refractivity contribution in [3.63, 3.8) is 0 Å². The van der Waals surface area contributed by atoms with E-state index >= 15 is 0 Å². The Morgan fingerprint density at radius 2 is 2.28 bits per heavy atom. The zero-order valence-corrected chi connectivity index (χ0v) is 15.4. The van der Waals surface area contributed by atoms with E-state index in [-0.39, 0.29) is 11.9 Å². The number of nitrogens with one attached hydrogen (secondary N) is 2. The van der Waals surface area contributed by atoms with E-state index in [1.807, 2.05) is 29.8 Å². The Kier molecular flexibility index (Phi) is 6.27. The van der Waals surface area contributed by atoms with Gasteiger partial charge in [-0.2, -0.15) is 0 Å². The van der Waals surface area contributed by atoms with Gasteiger partial charge in [-0.25, -0.2) is 5.01 Å². The number of nitrogens with zero attached hydrogens (tertiary/aromatic N) is 2. The summed E-state index contributed by atoms with van der Waals surface area (Å²) in [7, 11) is 0. The Hall–Kier alpha value is -2.09. The van der Waals surface area contributed by atoms with Crippen LogP contribution >= 0.6 is 23.6 Å². The number of amides is 1. The van der Waals surface area contributed by atoms with Crippen molar-refractivity contribution in [2.24, 2.45) is 0 Å². The van der Waals surface area contributed by atoms with Crippen molar-refractivity contribution in [2.75, 3.05) is 6.54 Å². The van der Waals surface area contributed by atoms with Gasteiger partial charge in [-0.15, -0.1) is 11.3 Å². The Morgan fingerprint density at radius 3 is 3.04 bits per heavy atom. The van der Waals surface area contributed by atoms with Crippen LogP contribution in [0.2, 0.25) is 0 Å². The number of hydrogen-bond donors (Lipinski definition) is 2. The van der Waals surface area contributed by atoms with Crippen LogP contribution in [0.4, 0.5) is 0 Å². The second-order valence-electron chi connectivity index (χ2n) is 5.77. The second kappa shape index (κ2) is 8.84. The van der Waals surface area contributed by atoms with Gasteiger partial charge in [-0.05, 0) is 54.2 Å². The molecule has 2 aromatic rings. The van der Waals surface area contributed by atoms with Crippen molar-refractivity contribution in [1.29, 1.82) is 0 Å². The summed E-state index contributed by atoms with van der Waals surface area (Å²) in [6.07, 6.45) is 10.2. The van der Waals surface area contributed by atoms with Crippen LogP contribution in [0.1, 0.15) is 35.7 Å². The molecule has 130 valence electrons. The molecule has 5 nitrogen and oxygen atoms in total. The molecular formula is C18H20N4OS2. The molecule has 0 bridgehead atoms. The van der Waals surface area contributed by atoms with Gasteiger partial charge in [0.2, 0.25) is 5.91 Å². The first-order valence-corrected chi connectivity index (χ1v) is 9.51. The number of rotatable bonds is 4. The summed E-state index contributed by atoms with van der Waals surface area (Å²) in [6, 6.07) is 8.13. The Morgan fingerprint density at radius 1 is 1.36 bits per heavy atom. The van der Waals surface area contributed by atoms with Crippen molar-refractivity contribution >= 4 is 40.7 Å². The first-order chi connectivity index (χ1) is 12.2. The topological polar surface area (TPSA) is 57.3 Å². The monoisotopic (exact) mass is 372 g/mol. The highest BCUT2D eigenvalue weighted by Crippen LogP contribution is 2.28. The highest BCUT2D eigenvalue weighted by Gasteiger charge is 2.24. The summed E-state index contributed by atoms with van der Waals surface area (Å²) in [4.78, 5) is 17.2. The average Bonchev–Trinajstić information content (AvgIpc) is 3.15. The van der Waals surface area contributed by atoms with E-state index < -0.39 is 0 Å². The first-order valence-electron chi connectivity index (χ1n) is 8.22. The molecule has 3 heterocycles. The first kappa shape index (κ1) is 17.7. The van der Waals surface area contributed by atoms with Crippen LogP contribution in [-0.2, 0) is 4.79 Å². The Balaban J connectivity index is 1.56. The zero-order chi connectivity index (χ0) is 17.5. The van der Waals surface area contributed by atoms with E-state index in [1.54, 1.807) is 23.6 Å². The Labute approximate surface area is 156 Å². The zero-order valence-electron chi connectivity index (χ0n) is 13.7. The number of carbonyl (C=O) groups excluding carboxylic acids is 1. The van der Waals surface area contributed by atoms with Crippen LogP contribution < -0.4 is 10.7 Å². The summed E-state index contributed by atoms with van der Waals surface area (Å²) in [5.74, 6) is -0.235. The highest BCUT2D eigenvalue weighted by atomic mass is 32.1. The van der Waals surface area contributed by atoms with Gasteiger partial charge in [0.15, 0.2) is 5.11 Å². The number of carbonyl (C=O) groups is 1. The molecule has 0 aromatic carbocycles. The molecule has 1 fully saturated rings. The summed E-state index contributed by atoms with van der Waals surface area (Å²) in [6.45, 7) is 0.876. The van der Waals surface area contributed by atoms with Crippen LogP contribution in [0.25, 0.3) is 6.08 Å². The molecule has 1 aliphatic heterocycles. The normalized spacial score (nSPS) is 18.2. The minimum atomic E-state index is -0.235. The largest absolute Gasteiger partial charge is 0.298 e. The maximum absolute atomic E-state index is 12.0. The predicted octanol–water partition coefficient (Wildman–Crippen LogP) is 3.29. The molecule has 0 aliphatic carbocycles.